The molecule has 0 saturated heterocycles. The van der Waals surface area contributed by atoms with Gasteiger partial charge in [0, 0.05) is 16.5 Å². The van der Waals surface area contributed by atoms with Crippen molar-refractivity contribution in [3.05, 3.63) is 215 Å². The molecule has 0 aromatic heterocycles. The smallest absolute Gasteiger partial charge is 0.132 e. The number of para-hydroxylation sites is 1. The molecule has 234 valence electrons. The van der Waals surface area contributed by atoms with Crippen LogP contribution in [0.25, 0.3) is 44.2 Å². The summed E-state index contributed by atoms with van der Waals surface area (Å²) in [4.78, 5) is 0. The Hall–Kier alpha value is -6.18. The van der Waals surface area contributed by atoms with Gasteiger partial charge in [0.25, 0.3) is 0 Å². The number of fused-ring (bicyclic) bond motifs is 13. The van der Waals surface area contributed by atoms with Crippen LogP contribution in [0, 0.1) is 0 Å². The molecule has 0 saturated carbocycles. The molecule has 1 unspecified atom stereocenters. The molecule has 1 atom stereocenters. The Labute approximate surface area is 292 Å². The summed E-state index contributed by atoms with van der Waals surface area (Å²) in [7, 11) is 0. The third-order valence-corrected chi connectivity index (χ3v) is 11.8. The fourth-order valence-corrected chi connectivity index (χ4v) is 9.52. The first-order valence-electron chi connectivity index (χ1n) is 17.5. The minimum atomic E-state index is -0.409. The van der Waals surface area contributed by atoms with Gasteiger partial charge in [-0.15, -0.1) is 0 Å². The number of ether oxygens (including phenoxy) is 1. The maximum atomic E-state index is 6.73. The quantitative estimate of drug-likeness (QED) is 0.183. The van der Waals surface area contributed by atoms with Gasteiger partial charge < -0.3 is 4.74 Å². The maximum Gasteiger partial charge on any atom is 0.132 e. The minimum Gasteiger partial charge on any atom is -0.457 e. The molecule has 0 N–H and O–H groups in total. The zero-order chi connectivity index (χ0) is 33.0. The second-order valence-electron chi connectivity index (χ2n) is 14.1. The van der Waals surface area contributed by atoms with Crippen LogP contribution in [-0.4, -0.2) is 0 Å². The molecule has 3 aliphatic rings. The van der Waals surface area contributed by atoms with Gasteiger partial charge in [0.05, 0.1) is 5.41 Å². The van der Waals surface area contributed by atoms with E-state index in [4.69, 9.17) is 4.74 Å². The summed E-state index contributed by atoms with van der Waals surface area (Å²) < 4.78 is 6.73. The predicted octanol–water partition coefficient (Wildman–Crippen LogP) is 12.3. The lowest BCUT2D eigenvalue weighted by Gasteiger charge is -2.38. The van der Waals surface area contributed by atoms with Crippen molar-refractivity contribution in [2.24, 2.45) is 0 Å². The largest absolute Gasteiger partial charge is 0.457 e. The lowest BCUT2D eigenvalue weighted by Crippen LogP contribution is -2.29. The third kappa shape index (κ3) is 3.46. The summed E-state index contributed by atoms with van der Waals surface area (Å²) in [5.74, 6) is 1.83. The van der Waals surface area contributed by atoms with Crippen LogP contribution in [0.15, 0.2) is 176 Å². The molecule has 11 rings (SSSR count). The van der Waals surface area contributed by atoms with Gasteiger partial charge in [-0.1, -0.05) is 146 Å². The summed E-state index contributed by atoms with van der Waals surface area (Å²) in [6, 6.07) is 65.0. The molecule has 1 aliphatic heterocycles. The van der Waals surface area contributed by atoms with Crippen LogP contribution in [0.2, 0.25) is 0 Å². The normalized spacial score (nSPS) is 16.9. The predicted molar refractivity (Wildman–Crippen MR) is 204 cm³/mol. The van der Waals surface area contributed by atoms with Gasteiger partial charge in [-0.3, -0.25) is 0 Å². The Morgan fingerprint density at radius 3 is 1.66 bits per heavy atom. The molecular formula is C49H32O. The molecule has 0 fully saturated rings. The van der Waals surface area contributed by atoms with Crippen LogP contribution in [-0.2, 0) is 10.8 Å². The Balaban J connectivity index is 1.15. The Morgan fingerprint density at radius 1 is 0.360 bits per heavy atom. The molecule has 1 nitrogen and oxygen atoms in total. The first-order chi connectivity index (χ1) is 24.7. The number of rotatable bonds is 2. The number of hydrogen-bond donors (Lipinski definition) is 0. The number of hydrogen-bond acceptors (Lipinski definition) is 1. The van der Waals surface area contributed by atoms with Crippen molar-refractivity contribution >= 4 is 10.8 Å². The Morgan fingerprint density at radius 2 is 0.900 bits per heavy atom. The molecule has 1 heterocycles. The van der Waals surface area contributed by atoms with E-state index in [-0.39, 0.29) is 5.41 Å². The first-order valence-corrected chi connectivity index (χ1v) is 17.5. The van der Waals surface area contributed by atoms with Gasteiger partial charge in [-0.25, -0.2) is 0 Å². The summed E-state index contributed by atoms with van der Waals surface area (Å²) in [5.41, 5.74) is 15.9. The lowest BCUT2D eigenvalue weighted by molar-refractivity contribution is 0.427. The fraction of sp³-hybridized carbons (Fsp3) is 0.0612. The Kier molecular flexibility index (Phi) is 5.51. The first kappa shape index (κ1) is 27.7. The van der Waals surface area contributed by atoms with E-state index < -0.39 is 5.41 Å². The molecule has 8 aromatic rings. The van der Waals surface area contributed by atoms with Gasteiger partial charge in [0.15, 0.2) is 0 Å². The van der Waals surface area contributed by atoms with Crippen LogP contribution in [0.1, 0.15) is 45.9 Å². The molecule has 0 bridgehead atoms. The van der Waals surface area contributed by atoms with Gasteiger partial charge in [-0.2, -0.15) is 0 Å². The summed E-state index contributed by atoms with van der Waals surface area (Å²) in [6.07, 6.45) is 0. The monoisotopic (exact) mass is 636 g/mol. The maximum absolute atomic E-state index is 6.73. The second kappa shape index (κ2) is 9.94. The van der Waals surface area contributed by atoms with Gasteiger partial charge >= 0.3 is 0 Å². The van der Waals surface area contributed by atoms with Crippen LogP contribution in [0.3, 0.4) is 0 Å². The van der Waals surface area contributed by atoms with E-state index in [1.807, 2.05) is 0 Å². The summed E-state index contributed by atoms with van der Waals surface area (Å²) >= 11 is 0. The summed E-state index contributed by atoms with van der Waals surface area (Å²) in [6.45, 7) is 2.33. The van der Waals surface area contributed by atoms with Crippen LogP contribution in [0.4, 0.5) is 0 Å². The highest BCUT2D eigenvalue weighted by molar-refractivity contribution is 6.00. The van der Waals surface area contributed by atoms with Crippen molar-refractivity contribution in [3.63, 3.8) is 0 Å². The lowest BCUT2D eigenvalue weighted by atomic mass is 9.69. The number of benzene rings is 8. The molecule has 0 radical (unpaired) electrons. The van der Waals surface area contributed by atoms with Crippen molar-refractivity contribution in [1.82, 2.24) is 0 Å². The van der Waals surface area contributed by atoms with Crippen molar-refractivity contribution in [1.29, 1.82) is 0 Å². The van der Waals surface area contributed by atoms with Gasteiger partial charge in [0.1, 0.15) is 11.5 Å². The highest BCUT2D eigenvalue weighted by Gasteiger charge is 2.51. The minimum absolute atomic E-state index is 0.340. The van der Waals surface area contributed by atoms with E-state index in [1.165, 1.54) is 77.5 Å². The molecular weight excluding hydrogens is 605 g/mol. The Bertz CT molecular complexity index is 2660. The SMILES string of the molecule is CC1(c2ccccc2)c2ccccc2Oc2cc(-c3ccc4c(c3)C3(c5ccccc5-c5ccccc53)c3cc5ccccc5cc3-4)ccc21. The van der Waals surface area contributed by atoms with E-state index >= 15 is 0 Å². The van der Waals surface area contributed by atoms with Gasteiger partial charge in [-0.05, 0) is 109 Å². The van der Waals surface area contributed by atoms with Crippen LogP contribution in [0.5, 0.6) is 11.5 Å². The van der Waals surface area contributed by atoms with E-state index in [1.54, 1.807) is 0 Å². The topological polar surface area (TPSA) is 9.23 Å². The summed E-state index contributed by atoms with van der Waals surface area (Å²) in [5, 5.41) is 2.54. The standard InChI is InChI=1S/C49H32O/c1-48(35-15-3-2-4-16-35)42-21-11-12-22-46(42)50-47-30-34(24-26-43(47)48)33-23-25-38-39-27-31-13-5-6-14-32(31)28-45(39)49(44(38)29-33)40-19-9-7-17-36(40)37-18-8-10-20-41(37)49/h2-30H,1H3. The highest BCUT2D eigenvalue weighted by Crippen LogP contribution is 2.63. The van der Waals surface area contributed by atoms with Gasteiger partial charge in [0.2, 0.25) is 0 Å². The molecule has 2 aliphatic carbocycles. The average molecular weight is 637 g/mol. The molecule has 50 heavy (non-hydrogen) atoms. The second-order valence-corrected chi connectivity index (χ2v) is 14.1. The molecule has 0 amide bonds. The van der Waals surface area contributed by atoms with Crippen molar-refractivity contribution in [2.45, 2.75) is 17.8 Å². The van der Waals surface area contributed by atoms with Crippen molar-refractivity contribution in [2.75, 3.05) is 0 Å². The van der Waals surface area contributed by atoms with E-state index in [2.05, 4.69) is 183 Å². The molecule has 8 aromatic carbocycles. The third-order valence-electron chi connectivity index (χ3n) is 11.8. The van der Waals surface area contributed by atoms with Crippen molar-refractivity contribution in [3.8, 4) is 44.9 Å². The average Bonchev–Trinajstić information content (AvgIpc) is 3.63. The van der Waals surface area contributed by atoms with E-state index in [0.29, 0.717) is 0 Å². The van der Waals surface area contributed by atoms with E-state index in [9.17, 15) is 0 Å². The van der Waals surface area contributed by atoms with Crippen molar-refractivity contribution < 1.29 is 4.74 Å². The molecule has 1 heteroatoms. The van der Waals surface area contributed by atoms with Crippen LogP contribution < -0.4 is 4.74 Å². The van der Waals surface area contributed by atoms with Crippen LogP contribution >= 0.6 is 0 Å². The zero-order valence-corrected chi connectivity index (χ0v) is 27.7. The highest BCUT2D eigenvalue weighted by atomic mass is 16.5. The van der Waals surface area contributed by atoms with E-state index in [0.717, 1.165) is 17.1 Å². The zero-order valence-electron chi connectivity index (χ0n) is 27.7. The fourth-order valence-electron chi connectivity index (χ4n) is 9.52. The molecule has 1 spiro atoms.